The van der Waals surface area contributed by atoms with E-state index < -0.39 is 42.2 Å². The molecule has 1 rings (SSSR count). The Kier molecular flexibility index (Phi) is 10.1. The fourth-order valence-electron chi connectivity index (χ4n) is 2.77. The highest BCUT2D eigenvalue weighted by Gasteiger charge is 2.31. The lowest BCUT2D eigenvalue weighted by molar-refractivity contribution is -0.137. The number of hydrogen-bond acceptors (Lipinski definition) is 5. The highest BCUT2D eigenvalue weighted by Crippen LogP contribution is 2.31. The number of hydrogen-bond donors (Lipinski definition) is 5. The molecule has 0 bridgehead atoms. The number of anilines is 1. The number of aliphatic hydroxyl groups excluding tert-OH is 1. The molecule has 0 aliphatic heterocycles. The molecule has 7 nitrogen and oxygen atoms in total. The number of nitrogens with one attached hydrogen (secondary N) is 3. The smallest absolute Gasteiger partial charge is 0.399 e. The van der Waals surface area contributed by atoms with Gasteiger partial charge in [0.25, 0.3) is 5.91 Å². The summed E-state index contributed by atoms with van der Waals surface area (Å²) in [6, 6.07) is 1.95. The lowest BCUT2D eigenvalue weighted by Gasteiger charge is -2.25. The molecule has 1 aromatic carbocycles. The molecule has 0 saturated heterocycles. The topological polar surface area (TPSA) is 116 Å². The monoisotopic (exact) mass is 432 g/mol. The van der Waals surface area contributed by atoms with E-state index in [1.165, 1.54) is 0 Å². The van der Waals surface area contributed by atoms with Crippen LogP contribution < -0.4 is 21.7 Å². The number of aliphatic hydroxyl groups is 1. The Labute approximate surface area is 174 Å². The maximum Gasteiger partial charge on any atom is 0.416 e. The third-order valence-corrected chi connectivity index (χ3v) is 4.27. The lowest BCUT2D eigenvalue weighted by atomic mass is 10.1. The molecule has 170 valence electrons. The second-order valence-corrected chi connectivity index (χ2v) is 7.61. The van der Waals surface area contributed by atoms with Gasteiger partial charge < -0.3 is 26.8 Å². The maximum atomic E-state index is 12.9. The minimum absolute atomic E-state index is 0.210. The fraction of sp³-hybridized carbons (Fsp3) is 0.600. The molecule has 0 radical (unpaired) electrons. The van der Waals surface area contributed by atoms with E-state index >= 15 is 0 Å². The number of benzene rings is 1. The van der Waals surface area contributed by atoms with Gasteiger partial charge in [0.15, 0.2) is 0 Å². The summed E-state index contributed by atoms with van der Waals surface area (Å²) in [4.78, 5) is 24.4. The van der Waals surface area contributed by atoms with Crippen LogP contribution in [0.25, 0.3) is 0 Å². The van der Waals surface area contributed by atoms with Crippen molar-refractivity contribution in [1.29, 1.82) is 0 Å². The van der Waals surface area contributed by atoms with Gasteiger partial charge in [-0.05, 0) is 37.1 Å². The zero-order valence-electron chi connectivity index (χ0n) is 17.5. The van der Waals surface area contributed by atoms with Crippen LogP contribution in [-0.4, -0.2) is 48.7 Å². The molecule has 10 heteroatoms. The summed E-state index contributed by atoms with van der Waals surface area (Å²) in [5.74, 6) is -1.02. The molecule has 0 fully saturated rings. The Balaban J connectivity index is 2.70. The van der Waals surface area contributed by atoms with E-state index in [0.717, 1.165) is 18.6 Å². The largest absolute Gasteiger partial charge is 0.416 e. The molecule has 0 aliphatic rings. The van der Waals surface area contributed by atoms with Crippen LogP contribution in [0.4, 0.5) is 18.9 Å². The molecule has 0 unspecified atom stereocenters. The summed E-state index contributed by atoms with van der Waals surface area (Å²) >= 11 is 0. The van der Waals surface area contributed by atoms with Gasteiger partial charge in [0, 0.05) is 17.8 Å². The van der Waals surface area contributed by atoms with Crippen molar-refractivity contribution in [1.82, 2.24) is 16.0 Å². The molecule has 6 N–H and O–H groups in total. The first-order chi connectivity index (χ1) is 13.9. The third kappa shape index (κ3) is 9.00. The number of carbonyl (C=O) groups is 2. The van der Waals surface area contributed by atoms with Gasteiger partial charge in [-0.25, -0.2) is 0 Å². The van der Waals surface area contributed by atoms with Crippen LogP contribution in [0.3, 0.4) is 0 Å². The number of nitrogens with two attached hydrogens (primary N) is 1. The van der Waals surface area contributed by atoms with Gasteiger partial charge in [0.1, 0.15) is 0 Å². The van der Waals surface area contributed by atoms with Crippen LogP contribution in [-0.2, 0) is 11.0 Å². The van der Waals surface area contributed by atoms with Crippen LogP contribution in [0.5, 0.6) is 0 Å². The average molecular weight is 432 g/mol. The van der Waals surface area contributed by atoms with E-state index in [-0.39, 0.29) is 11.3 Å². The highest BCUT2D eigenvalue weighted by atomic mass is 19.4. The molecule has 0 aliphatic carbocycles. The summed E-state index contributed by atoms with van der Waals surface area (Å²) in [7, 11) is 0. The first kappa shape index (κ1) is 25.7. The first-order valence-corrected chi connectivity index (χ1v) is 9.88. The summed E-state index contributed by atoms with van der Waals surface area (Å²) in [5, 5.41) is 18.4. The number of nitrogen functional groups attached to an aromatic ring is 1. The van der Waals surface area contributed by atoms with Crippen molar-refractivity contribution < 1.29 is 27.9 Å². The number of halogens is 3. The van der Waals surface area contributed by atoms with Crippen molar-refractivity contribution in [2.75, 3.05) is 25.4 Å². The van der Waals surface area contributed by atoms with Crippen LogP contribution >= 0.6 is 0 Å². The zero-order valence-corrected chi connectivity index (χ0v) is 17.5. The van der Waals surface area contributed by atoms with E-state index in [1.807, 2.05) is 20.8 Å². The molecule has 0 spiro atoms. The summed E-state index contributed by atoms with van der Waals surface area (Å²) in [6.45, 7) is 6.57. The van der Waals surface area contributed by atoms with E-state index in [2.05, 4.69) is 16.0 Å². The summed E-state index contributed by atoms with van der Waals surface area (Å²) in [5.41, 5.74) is 3.90. The fourth-order valence-corrected chi connectivity index (χ4v) is 2.77. The van der Waals surface area contributed by atoms with Crippen LogP contribution in [0.2, 0.25) is 0 Å². The van der Waals surface area contributed by atoms with Gasteiger partial charge in [0.05, 0.1) is 24.3 Å². The van der Waals surface area contributed by atoms with Gasteiger partial charge in [-0.3, -0.25) is 9.59 Å². The highest BCUT2D eigenvalue weighted by molar-refractivity contribution is 5.97. The van der Waals surface area contributed by atoms with Gasteiger partial charge in [-0.2, -0.15) is 13.2 Å². The SMILES string of the molecule is CCC[C@H](O)[C@H](CNCC(C)C)NC(=O)CNC(=O)c1cc(N)cc(C(F)(F)F)c1. The number of carbonyl (C=O) groups excluding carboxylic acids is 2. The maximum absolute atomic E-state index is 12.9. The molecular weight excluding hydrogens is 401 g/mol. The predicted octanol–water partition coefficient (Wildman–Crippen LogP) is 1.91. The Morgan fingerprint density at radius 2 is 1.83 bits per heavy atom. The summed E-state index contributed by atoms with van der Waals surface area (Å²) < 4.78 is 38.6. The van der Waals surface area contributed by atoms with Gasteiger partial charge in [0.2, 0.25) is 5.91 Å². The van der Waals surface area contributed by atoms with Crippen molar-refractivity contribution in [3.63, 3.8) is 0 Å². The standard InChI is InChI=1S/C20H31F3N4O3/c1-4-5-17(28)16(10-25-9-12(2)3)27-18(29)11-26-19(30)13-6-14(20(21,22)23)8-15(24)7-13/h6-8,12,16-17,25,28H,4-5,9-11,24H2,1-3H3,(H,26,30)(H,27,29)/t16-,17-/m0/s1. The Hall–Kier alpha value is -2.33. The van der Waals surface area contributed by atoms with Crippen LogP contribution in [0, 0.1) is 5.92 Å². The van der Waals surface area contributed by atoms with Crippen molar-refractivity contribution in [2.24, 2.45) is 5.92 Å². The van der Waals surface area contributed by atoms with Crippen LogP contribution in [0.15, 0.2) is 18.2 Å². The molecule has 0 aromatic heterocycles. The second-order valence-electron chi connectivity index (χ2n) is 7.61. The molecule has 30 heavy (non-hydrogen) atoms. The predicted molar refractivity (Wildman–Crippen MR) is 109 cm³/mol. The molecule has 1 aromatic rings. The summed E-state index contributed by atoms with van der Waals surface area (Å²) in [6.07, 6.45) is -4.19. The minimum Gasteiger partial charge on any atom is -0.399 e. The van der Waals surface area contributed by atoms with Gasteiger partial charge in [-0.15, -0.1) is 0 Å². The normalized spacial score (nSPS) is 13.7. The number of alkyl halides is 3. The Bertz CT molecular complexity index is 711. The van der Waals surface area contributed by atoms with Crippen molar-refractivity contribution in [2.45, 2.75) is 51.9 Å². The third-order valence-electron chi connectivity index (χ3n) is 4.27. The number of amides is 2. The van der Waals surface area contributed by atoms with Crippen molar-refractivity contribution in [3.05, 3.63) is 29.3 Å². The lowest BCUT2D eigenvalue weighted by Crippen LogP contribution is -2.52. The van der Waals surface area contributed by atoms with Crippen LogP contribution in [0.1, 0.15) is 49.5 Å². The Morgan fingerprint density at radius 3 is 2.40 bits per heavy atom. The molecular formula is C20H31F3N4O3. The second kappa shape index (κ2) is 11.8. The van der Waals surface area contributed by atoms with E-state index in [1.54, 1.807) is 0 Å². The van der Waals surface area contributed by atoms with E-state index in [4.69, 9.17) is 5.73 Å². The Morgan fingerprint density at radius 1 is 1.17 bits per heavy atom. The minimum atomic E-state index is -4.65. The quantitative estimate of drug-likeness (QED) is 0.343. The molecule has 0 heterocycles. The molecule has 2 atom stereocenters. The molecule has 2 amide bonds. The van der Waals surface area contributed by atoms with Gasteiger partial charge >= 0.3 is 6.18 Å². The zero-order chi connectivity index (χ0) is 22.9. The van der Waals surface area contributed by atoms with E-state index in [9.17, 15) is 27.9 Å². The van der Waals surface area contributed by atoms with Gasteiger partial charge in [-0.1, -0.05) is 27.2 Å². The first-order valence-electron chi connectivity index (χ1n) is 9.88. The van der Waals surface area contributed by atoms with E-state index in [0.29, 0.717) is 31.5 Å². The number of rotatable bonds is 11. The van der Waals surface area contributed by atoms with Crippen molar-refractivity contribution >= 4 is 17.5 Å². The average Bonchev–Trinajstić information content (AvgIpc) is 2.64. The molecule has 0 saturated carbocycles. The van der Waals surface area contributed by atoms with Crippen molar-refractivity contribution in [3.8, 4) is 0 Å².